The third kappa shape index (κ3) is 3.15. The summed E-state index contributed by atoms with van der Waals surface area (Å²) >= 11 is 8.16. The molecule has 1 atom stereocenters. The van der Waals surface area contributed by atoms with Gasteiger partial charge < -0.3 is 5.32 Å². The molecule has 4 heteroatoms. The predicted molar refractivity (Wildman–Crippen MR) is 99.6 cm³/mol. The van der Waals surface area contributed by atoms with Gasteiger partial charge in [0.15, 0.2) is 0 Å². The quantitative estimate of drug-likeness (QED) is 0.751. The zero-order chi connectivity index (χ0) is 15.6. The summed E-state index contributed by atoms with van der Waals surface area (Å²) in [4.78, 5) is 3.96. The highest BCUT2D eigenvalue weighted by Crippen LogP contribution is 2.37. The van der Waals surface area contributed by atoms with Gasteiger partial charge in [-0.25, -0.2) is 0 Å². The summed E-state index contributed by atoms with van der Waals surface area (Å²) in [6.45, 7) is 4.21. The summed E-state index contributed by atoms with van der Waals surface area (Å²) in [6, 6.07) is 19.6. The van der Waals surface area contributed by atoms with Crippen molar-refractivity contribution in [3.63, 3.8) is 0 Å². The Hall–Kier alpha value is -1.39. The van der Waals surface area contributed by atoms with Crippen LogP contribution in [0.2, 0.25) is 5.02 Å². The lowest BCUT2D eigenvalue weighted by Gasteiger charge is -2.34. The molecule has 0 aliphatic carbocycles. The van der Waals surface area contributed by atoms with Crippen LogP contribution in [-0.2, 0) is 0 Å². The lowest BCUT2D eigenvalue weighted by atomic mass is 10.0. The van der Waals surface area contributed by atoms with Crippen molar-refractivity contribution in [3.05, 3.63) is 70.1 Å². The molecule has 1 N–H and O–H groups in total. The Morgan fingerprint density at radius 2 is 1.83 bits per heavy atom. The monoisotopic (exact) mass is 342 g/mol. The highest BCUT2D eigenvalue weighted by Gasteiger charge is 2.25. The first kappa shape index (κ1) is 15.2. The first-order valence-corrected chi connectivity index (χ1v) is 9.19. The van der Waals surface area contributed by atoms with Crippen LogP contribution in [0, 0.1) is 0 Å². The standard InChI is InChI=1S/C19H19ClN2S/c20-16-6-3-5-15(12-16)19(22-10-8-21-9-11-22)18-13-14-4-1-2-7-17(14)23-18/h1-7,12-13,19,21H,8-11H2. The molecule has 118 valence electrons. The van der Waals surface area contributed by atoms with Crippen molar-refractivity contribution in [2.45, 2.75) is 6.04 Å². The molecule has 0 saturated carbocycles. The van der Waals surface area contributed by atoms with Crippen molar-refractivity contribution in [1.82, 2.24) is 10.2 Å². The normalized spacial score (nSPS) is 17.4. The minimum absolute atomic E-state index is 0.285. The van der Waals surface area contributed by atoms with E-state index in [4.69, 9.17) is 11.6 Å². The van der Waals surface area contributed by atoms with Gasteiger partial charge in [0, 0.05) is 40.8 Å². The van der Waals surface area contributed by atoms with Crippen molar-refractivity contribution in [2.24, 2.45) is 0 Å². The first-order valence-electron chi connectivity index (χ1n) is 8.00. The second-order valence-electron chi connectivity index (χ2n) is 5.93. The van der Waals surface area contributed by atoms with Gasteiger partial charge in [-0.3, -0.25) is 4.90 Å². The third-order valence-electron chi connectivity index (χ3n) is 4.40. The summed E-state index contributed by atoms with van der Waals surface area (Å²) in [6.07, 6.45) is 0. The minimum atomic E-state index is 0.285. The van der Waals surface area contributed by atoms with Gasteiger partial charge in [-0.05, 0) is 35.2 Å². The predicted octanol–water partition coefficient (Wildman–Crippen LogP) is 4.55. The molecule has 0 spiro atoms. The van der Waals surface area contributed by atoms with Gasteiger partial charge in [0.05, 0.1) is 6.04 Å². The van der Waals surface area contributed by atoms with Crippen LogP contribution in [-0.4, -0.2) is 31.1 Å². The second-order valence-corrected chi connectivity index (χ2v) is 7.48. The molecule has 3 aromatic rings. The van der Waals surface area contributed by atoms with Crippen LogP contribution < -0.4 is 5.32 Å². The molecule has 0 bridgehead atoms. The highest BCUT2D eigenvalue weighted by molar-refractivity contribution is 7.19. The van der Waals surface area contributed by atoms with Gasteiger partial charge in [-0.2, -0.15) is 0 Å². The SMILES string of the molecule is Clc1cccc(C(c2cc3ccccc3s2)N2CCNCC2)c1. The van der Waals surface area contributed by atoms with Crippen molar-refractivity contribution >= 4 is 33.0 Å². The van der Waals surface area contributed by atoms with E-state index in [1.807, 2.05) is 17.4 Å². The molecule has 1 fully saturated rings. The molecule has 23 heavy (non-hydrogen) atoms. The smallest absolute Gasteiger partial charge is 0.0697 e. The molecule has 1 aliphatic rings. The van der Waals surface area contributed by atoms with E-state index in [9.17, 15) is 0 Å². The number of hydrogen-bond acceptors (Lipinski definition) is 3. The van der Waals surface area contributed by atoms with Gasteiger partial charge in [-0.1, -0.05) is 41.9 Å². The summed E-state index contributed by atoms with van der Waals surface area (Å²) in [5, 5.41) is 5.58. The lowest BCUT2D eigenvalue weighted by Crippen LogP contribution is -2.45. The van der Waals surface area contributed by atoms with Crippen molar-refractivity contribution in [1.29, 1.82) is 0 Å². The number of piperazine rings is 1. The molecule has 2 heterocycles. The van der Waals surface area contributed by atoms with Crippen LogP contribution >= 0.6 is 22.9 Å². The molecule has 4 rings (SSSR count). The zero-order valence-corrected chi connectivity index (χ0v) is 14.4. The van der Waals surface area contributed by atoms with E-state index in [1.54, 1.807) is 0 Å². The highest BCUT2D eigenvalue weighted by atomic mass is 35.5. The molecule has 1 saturated heterocycles. The van der Waals surface area contributed by atoms with Crippen LogP contribution in [0.15, 0.2) is 54.6 Å². The average Bonchev–Trinajstić information content (AvgIpc) is 2.99. The number of benzene rings is 2. The fourth-order valence-electron chi connectivity index (χ4n) is 3.31. The Labute approximate surface area is 145 Å². The van der Waals surface area contributed by atoms with Gasteiger partial charge in [0.25, 0.3) is 0 Å². The van der Waals surface area contributed by atoms with Crippen molar-refractivity contribution < 1.29 is 0 Å². The molecule has 2 aromatic carbocycles. The fourth-order valence-corrected chi connectivity index (χ4v) is 4.74. The minimum Gasteiger partial charge on any atom is -0.314 e. The Balaban J connectivity index is 1.80. The third-order valence-corrected chi connectivity index (χ3v) is 5.80. The largest absolute Gasteiger partial charge is 0.314 e. The summed E-state index contributed by atoms with van der Waals surface area (Å²) < 4.78 is 1.35. The zero-order valence-electron chi connectivity index (χ0n) is 12.8. The van der Waals surface area contributed by atoms with E-state index >= 15 is 0 Å². The van der Waals surface area contributed by atoms with Crippen LogP contribution in [0.25, 0.3) is 10.1 Å². The summed E-state index contributed by atoms with van der Waals surface area (Å²) in [7, 11) is 0. The van der Waals surface area contributed by atoms with E-state index < -0.39 is 0 Å². The summed E-state index contributed by atoms with van der Waals surface area (Å²) in [5.74, 6) is 0. The molecular formula is C19H19ClN2S. The van der Waals surface area contributed by atoms with Gasteiger partial charge in [0.2, 0.25) is 0 Å². The van der Waals surface area contributed by atoms with E-state index in [0.29, 0.717) is 0 Å². The number of halogens is 1. The van der Waals surface area contributed by atoms with E-state index in [-0.39, 0.29) is 6.04 Å². The molecule has 2 nitrogen and oxygen atoms in total. The van der Waals surface area contributed by atoms with E-state index in [0.717, 1.165) is 31.2 Å². The molecule has 1 unspecified atom stereocenters. The van der Waals surface area contributed by atoms with Crippen LogP contribution in [0.4, 0.5) is 0 Å². The number of nitrogens with zero attached hydrogens (tertiary/aromatic N) is 1. The van der Waals surface area contributed by atoms with Crippen LogP contribution in [0.3, 0.4) is 0 Å². The molecule has 1 aromatic heterocycles. The molecule has 1 aliphatic heterocycles. The maximum absolute atomic E-state index is 6.27. The second kappa shape index (κ2) is 6.62. The Kier molecular flexibility index (Phi) is 4.36. The number of thiophene rings is 1. The Bertz CT molecular complexity index is 775. The number of hydrogen-bond donors (Lipinski definition) is 1. The van der Waals surface area contributed by atoms with E-state index in [2.05, 4.69) is 58.7 Å². The Morgan fingerprint density at radius 1 is 1.00 bits per heavy atom. The van der Waals surface area contributed by atoms with Crippen molar-refractivity contribution in [3.8, 4) is 0 Å². The van der Waals surface area contributed by atoms with Gasteiger partial charge in [0.1, 0.15) is 0 Å². The summed E-state index contributed by atoms with van der Waals surface area (Å²) in [5.41, 5.74) is 1.28. The topological polar surface area (TPSA) is 15.3 Å². The molecule has 0 amide bonds. The van der Waals surface area contributed by atoms with Gasteiger partial charge >= 0.3 is 0 Å². The fraction of sp³-hybridized carbons (Fsp3) is 0.263. The first-order chi connectivity index (χ1) is 11.3. The van der Waals surface area contributed by atoms with Crippen molar-refractivity contribution in [2.75, 3.05) is 26.2 Å². The number of fused-ring (bicyclic) bond motifs is 1. The molecular weight excluding hydrogens is 324 g/mol. The lowest BCUT2D eigenvalue weighted by molar-refractivity contribution is 0.201. The average molecular weight is 343 g/mol. The maximum atomic E-state index is 6.27. The van der Waals surface area contributed by atoms with Crippen LogP contribution in [0.5, 0.6) is 0 Å². The number of rotatable bonds is 3. The Morgan fingerprint density at radius 3 is 2.61 bits per heavy atom. The van der Waals surface area contributed by atoms with Gasteiger partial charge in [-0.15, -0.1) is 11.3 Å². The molecule has 0 radical (unpaired) electrons. The number of nitrogens with one attached hydrogen (secondary N) is 1. The maximum Gasteiger partial charge on any atom is 0.0697 e. The van der Waals surface area contributed by atoms with Crippen LogP contribution in [0.1, 0.15) is 16.5 Å². The van der Waals surface area contributed by atoms with E-state index in [1.165, 1.54) is 20.5 Å².